The van der Waals surface area contributed by atoms with Crippen LogP contribution < -0.4 is 5.76 Å². The maximum absolute atomic E-state index is 12.3. The first-order chi connectivity index (χ1) is 15.3. The van der Waals surface area contributed by atoms with Crippen molar-refractivity contribution in [2.75, 3.05) is 26.3 Å². The molecule has 10 heteroatoms. The maximum Gasteiger partial charge on any atom is 0.420 e. The molecule has 2 aliphatic heterocycles. The second kappa shape index (κ2) is 7.77. The fourth-order valence-corrected chi connectivity index (χ4v) is 4.05. The summed E-state index contributed by atoms with van der Waals surface area (Å²) in [6.45, 7) is 7.73. The predicted octanol–water partition coefficient (Wildman–Crippen LogP) is 3.33. The van der Waals surface area contributed by atoms with Crippen LogP contribution in [0.15, 0.2) is 31.9 Å². The van der Waals surface area contributed by atoms with Crippen molar-refractivity contribution in [3.05, 3.63) is 34.6 Å². The van der Waals surface area contributed by atoms with Crippen LogP contribution in [0.5, 0.6) is 0 Å². The van der Waals surface area contributed by atoms with E-state index in [1.54, 1.807) is 21.6 Å². The van der Waals surface area contributed by atoms with Gasteiger partial charge in [0.05, 0.1) is 24.8 Å². The number of carbonyl (C=O) groups is 1. The number of likely N-dealkylation sites (tertiary alicyclic amines) is 1. The van der Waals surface area contributed by atoms with E-state index in [2.05, 4.69) is 10.1 Å². The molecular weight excluding hydrogens is 416 g/mol. The average molecular weight is 442 g/mol. The van der Waals surface area contributed by atoms with Crippen molar-refractivity contribution in [2.45, 2.75) is 51.2 Å². The molecule has 0 spiro atoms. The highest BCUT2D eigenvalue weighted by molar-refractivity contribution is 5.79. The number of ether oxygens (including phenoxy) is 2. The molecule has 0 N–H and O–H groups in total. The van der Waals surface area contributed by atoms with Crippen molar-refractivity contribution in [2.24, 2.45) is 0 Å². The Morgan fingerprint density at radius 3 is 2.59 bits per heavy atom. The molecule has 2 fully saturated rings. The molecule has 2 aromatic heterocycles. The first kappa shape index (κ1) is 20.7. The van der Waals surface area contributed by atoms with Crippen molar-refractivity contribution in [3.8, 4) is 11.5 Å². The molecule has 1 amide bonds. The minimum atomic E-state index is -0.511. The van der Waals surface area contributed by atoms with Crippen LogP contribution in [0.2, 0.25) is 0 Å². The van der Waals surface area contributed by atoms with Crippen molar-refractivity contribution in [1.82, 2.24) is 19.6 Å². The molecule has 5 rings (SSSR count). The standard InChI is InChI=1S/C22H26N4O6/c1-22(2,3)31-20(27)25-8-6-13(7-9-25)18-23-19(32-24-18)14-4-5-17-16(10-14)26(21(28)30-17)15-11-29-12-15/h4-5,10,13,15H,6-9,11-12H2,1-3H3. The Morgan fingerprint density at radius 1 is 1.19 bits per heavy atom. The molecule has 0 aliphatic carbocycles. The number of piperidine rings is 1. The summed E-state index contributed by atoms with van der Waals surface area (Å²) in [4.78, 5) is 30.8. The highest BCUT2D eigenvalue weighted by atomic mass is 16.6. The Kier molecular flexibility index (Phi) is 5.04. The summed E-state index contributed by atoms with van der Waals surface area (Å²) >= 11 is 0. The van der Waals surface area contributed by atoms with Crippen LogP contribution >= 0.6 is 0 Å². The molecule has 0 saturated carbocycles. The van der Waals surface area contributed by atoms with E-state index >= 15 is 0 Å². The van der Waals surface area contributed by atoms with Gasteiger partial charge in [-0.3, -0.25) is 4.57 Å². The SMILES string of the molecule is CC(C)(C)OC(=O)N1CCC(c2noc(-c3ccc4oc(=O)n(C5COC5)c4c3)n2)CC1. The lowest BCUT2D eigenvalue weighted by Gasteiger charge is -2.32. The van der Waals surface area contributed by atoms with Gasteiger partial charge < -0.3 is 23.3 Å². The van der Waals surface area contributed by atoms with Gasteiger partial charge in [-0.1, -0.05) is 5.16 Å². The Hall–Kier alpha value is -3.14. The quantitative estimate of drug-likeness (QED) is 0.607. The number of amides is 1. The number of hydrogen-bond acceptors (Lipinski definition) is 8. The fraction of sp³-hybridized carbons (Fsp3) is 0.545. The topological polar surface area (TPSA) is 113 Å². The van der Waals surface area contributed by atoms with E-state index in [4.69, 9.17) is 18.4 Å². The summed E-state index contributed by atoms with van der Waals surface area (Å²) in [6.07, 6.45) is 1.18. The number of rotatable bonds is 3. The molecule has 4 heterocycles. The van der Waals surface area contributed by atoms with Crippen LogP contribution in [0, 0.1) is 0 Å². The Labute approximate surface area is 184 Å². The normalized spacial score (nSPS) is 18.2. The van der Waals surface area contributed by atoms with Gasteiger partial charge >= 0.3 is 11.8 Å². The van der Waals surface area contributed by atoms with Crippen LogP contribution in [-0.4, -0.2) is 57.6 Å². The van der Waals surface area contributed by atoms with E-state index in [9.17, 15) is 9.59 Å². The lowest BCUT2D eigenvalue weighted by atomic mass is 9.96. The molecule has 2 saturated heterocycles. The molecule has 0 radical (unpaired) electrons. The number of oxazole rings is 1. The fourth-order valence-electron chi connectivity index (χ4n) is 4.05. The summed E-state index contributed by atoms with van der Waals surface area (Å²) in [5, 5.41) is 4.18. The Bertz CT molecular complexity index is 1190. The van der Waals surface area contributed by atoms with Gasteiger partial charge in [-0.2, -0.15) is 4.98 Å². The molecule has 1 aromatic carbocycles. The van der Waals surface area contributed by atoms with Gasteiger partial charge in [0.25, 0.3) is 5.89 Å². The van der Waals surface area contributed by atoms with Crippen LogP contribution in [0.3, 0.4) is 0 Å². The van der Waals surface area contributed by atoms with Crippen LogP contribution in [0.25, 0.3) is 22.6 Å². The summed E-state index contributed by atoms with van der Waals surface area (Å²) in [7, 11) is 0. The van der Waals surface area contributed by atoms with Crippen molar-refractivity contribution >= 4 is 17.2 Å². The second-order valence-electron chi connectivity index (χ2n) is 9.31. The average Bonchev–Trinajstić information content (AvgIpc) is 3.31. The summed E-state index contributed by atoms with van der Waals surface area (Å²) in [6, 6.07) is 5.36. The molecular formula is C22H26N4O6. The van der Waals surface area contributed by atoms with Gasteiger partial charge in [0, 0.05) is 24.6 Å². The molecule has 32 heavy (non-hydrogen) atoms. The third-order valence-electron chi connectivity index (χ3n) is 5.80. The zero-order valence-corrected chi connectivity index (χ0v) is 18.4. The van der Waals surface area contributed by atoms with E-state index in [0.29, 0.717) is 49.1 Å². The zero-order valence-electron chi connectivity index (χ0n) is 18.4. The van der Waals surface area contributed by atoms with Gasteiger partial charge in [0.2, 0.25) is 0 Å². The molecule has 10 nitrogen and oxygen atoms in total. The Morgan fingerprint density at radius 2 is 1.94 bits per heavy atom. The van der Waals surface area contributed by atoms with Crippen LogP contribution in [-0.2, 0) is 9.47 Å². The maximum atomic E-state index is 12.3. The molecule has 0 unspecified atom stereocenters. The number of carbonyl (C=O) groups excluding carboxylic acids is 1. The van der Waals surface area contributed by atoms with Crippen molar-refractivity contribution < 1.29 is 23.2 Å². The summed E-state index contributed by atoms with van der Waals surface area (Å²) in [5.41, 5.74) is 1.41. The highest BCUT2D eigenvalue weighted by Gasteiger charge is 2.30. The van der Waals surface area contributed by atoms with Gasteiger partial charge in [-0.15, -0.1) is 0 Å². The van der Waals surface area contributed by atoms with E-state index in [-0.39, 0.29) is 18.1 Å². The summed E-state index contributed by atoms with van der Waals surface area (Å²) < 4.78 is 23.2. The third-order valence-corrected chi connectivity index (χ3v) is 5.80. The van der Waals surface area contributed by atoms with Crippen LogP contribution in [0.1, 0.15) is 51.4 Å². The number of benzene rings is 1. The molecule has 0 bridgehead atoms. The monoisotopic (exact) mass is 442 g/mol. The number of aromatic nitrogens is 3. The first-order valence-corrected chi connectivity index (χ1v) is 10.8. The lowest BCUT2D eigenvalue weighted by Crippen LogP contribution is -2.41. The predicted molar refractivity (Wildman–Crippen MR) is 113 cm³/mol. The zero-order chi connectivity index (χ0) is 22.5. The van der Waals surface area contributed by atoms with E-state index in [1.165, 1.54) is 0 Å². The molecule has 0 atom stereocenters. The summed E-state index contributed by atoms with van der Waals surface area (Å²) in [5.74, 6) is 0.727. The van der Waals surface area contributed by atoms with Gasteiger partial charge in [0.15, 0.2) is 11.4 Å². The van der Waals surface area contributed by atoms with E-state index in [0.717, 1.165) is 18.4 Å². The number of fused-ring (bicyclic) bond motifs is 1. The Balaban J connectivity index is 1.31. The first-order valence-electron chi connectivity index (χ1n) is 10.8. The minimum absolute atomic E-state index is 0.0209. The van der Waals surface area contributed by atoms with Gasteiger partial charge in [0.1, 0.15) is 5.60 Å². The number of nitrogens with zero attached hydrogens (tertiary/aromatic N) is 4. The second-order valence-corrected chi connectivity index (χ2v) is 9.31. The van der Waals surface area contributed by atoms with E-state index < -0.39 is 11.4 Å². The van der Waals surface area contributed by atoms with E-state index in [1.807, 2.05) is 26.8 Å². The van der Waals surface area contributed by atoms with Gasteiger partial charge in [-0.05, 0) is 51.8 Å². The minimum Gasteiger partial charge on any atom is -0.444 e. The molecule has 2 aliphatic rings. The van der Waals surface area contributed by atoms with Crippen molar-refractivity contribution in [3.63, 3.8) is 0 Å². The number of hydrogen-bond donors (Lipinski definition) is 0. The van der Waals surface area contributed by atoms with Crippen molar-refractivity contribution in [1.29, 1.82) is 0 Å². The lowest BCUT2D eigenvalue weighted by molar-refractivity contribution is -0.0242. The van der Waals surface area contributed by atoms with Gasteiger partial charge in [-0.25, -0.2) is 9.59 Å². The molecule has 170 valence electrons. The largest absolute Gasteiger partial charge is 0.444 e. The molecule has 3 aromatic rings. The van der Waals surface area contributed by atoms with Crippen LogP contribution in [0.4, 0.5) is 4.79 Å². The highest BCUT2D eigenvalue weighted by Crippen LogP contribution is 2.30. The third kappa shape index (κ3) is 3.90. The smallest absolute Gasteiger partial charge is 0.420 e.